The predicted molar refractivity (Wildman–Crippen MR) is 75.6 cm³/mol. The van der Waals surface area contributed by atoms with E-state index in [1.54, 1.807) is 6.92 Å². The van der Waals surface area contributed by atoms with E-state index in [4.69, 9.17) is 9.47 Å². The van der Waals surface area contributed by atoms with Crippen LogP contribution >= 0.6 is 0 Å². The van der Waals surface area contributed by atoms with E-state index in [0.29, 0.717) is 6.61 Å². The first-order valence-corrected chi connectivity index (χ1v) is 6.69. The van der Waals surface area contributed by atoms with Crippen LogP contribution in [0.1, 0.15) is 6.92 Å². The molecule has 1 saturated heterocycles. The quantitative estimate of drug-likeness (QED) is 0.465. The zero-order chi connectivity index (χ0) is 15.6. The molecule has 0 aliphatic carbocycles. The first kappa shape index (κ1) is 15.5. The van der Waals surface area contributed by atoms with E-state index in [9.17, 15) is 14.4 Å². The maximum Gasteiger partial charge on any atom is 0.336 e. The number of allylic oxidation sites excluding steroid dienone is 1. The SMILES string of the molecule is C=CCn1c(=O)n(CC(C)OC)c(=O)n(CC2CO2)c1=O. The van der Waals surface area contributed by atoms with E-state index in [0.717, 1.165) is 13.7 Å². The van der Waals surface area contributed by atoms with Gasteiger partial charge in [-0.05, 0) is 6.92 Å². The minimum Gasteiger partial charge on any atom is -0.380 e. The van der Waals surface area contributed by atoms with Crippen LogP contribution in [0.2, 0.25) is 0 Å². The lowest BCUT2D eigenvalue weighted by Crippen LogP contribution is -2.55. The molecule has 8 heteroatoms. The van der Waals surface area contributed by atoms with Crippen molar-refractivity contribution in [3.8, 4) is 0 Å². The molecule has 0 radical (unpaired) electrons. The number of ether oxygens (including phenoxy) is 2. The van der Waals surface area contributed by atoms with Crippen LogP contribution in [0.3, 0.4) is 0 Å². The van der Waals surface area contributed by atoms with Gasteiger partial charge in [0.05, 0.1) is 38.4 Å². The van der Waals surface area contributed by atoms with Gasteiger partial charge in [-0.1, -0.05) is 6.08 Å². The molecule has 0 amide bonds. The fraction of sp³-hybridized carbons (Fsp3) is 0.615. The average Bonchev–Trinajstić information content (AvgIpc) is 3.28. The third-order valence-corrected chi connectivity index (χ3v) is 3.33. The number of nitrogens with zero attached hydrogens (tertiary/aromatic N) is 3. The summed E-state index contributed by atoms with van der Waals surface area (Å²) >= 11 is 0. The predicted octanol–water partition coefficient (Wildman–Crippen LogP) is -1.21. The van der Waals surface area contributed by atoms with Crippen LogP contribution in [0.15, 0.2) is 27.0 Å². The molecule has 2 atom stereocenters. The molecule has 1 aromatic heterocycles. The molecule has 0 spiro atoms. The zero-order valence-electron chi connectivity index (χ0n) is 12.2. The molecule has 116 valence electrons. The van der Waals surface area contributed by atoms with Crippen LogP contribution in [-0.4, -0.2) is 39.6 Å². The number of hydrogen-bond acceptors (Lipinski definition) is 5. The van der Waals surface area contributed by atoms with Crippen molar-refractivity contribution >= 4 is 0 Å². The maximum absolute atomic E-state index is 12.4. The van der Waals surface area contributed by atoms with Gasteiger partial charge in [0.2, 0.25) is 0 Å². The number of epoxide rings is 1. The Morgan fingerprint density at radius 2 is 1.86 bits per heavy atom. The van der Waals surface area contributed by atoms with Crippen molar-refractivity contribution in [2.24, 2.45) is 0 Å². The van der Waals surface area contributed by atoms with Crippen LogP contribution < -0.4 is 17.1 Å². The molecule has 0 aromatic carbocycles. The highest BCUT2D eigenvalue weighted by molar-refractivity contribution is 4.85. The van der Waals surface area contributed by atoms with E-state index >= 15 is 0 Å². The minimum atomic E-state index is -0.651. The van der Waals surface area contributed by atoms with Gasteiger partial charge >= 0.3 is 17.1 Å². The van der Waals surface area contributed by atoms with Crippen LogP contribution in [0.4, 0.5) is 0 Å². The third-order valence-electron chi connectivity index (χ3n) is 3.33. The van der Waals surface area contributed by atoms with Crippen molar-refractivity contribution in [3.63, 3.8) is 0 Å². The molecule has 1 aliphatic heterocycles. The molecule has 2 unspecified atom stereocenters. The smallest absolute Gasteiger partial charge is 0.336 e. The van der Waals surface area contributed by atoms with Crippen molar-refractivity contribution in [1.82, 2.24) is 13.7 Å². The lowest BCUT2D eigenvalue weighted by Gasteiger charge is -2.15. The second kappa shape index (κ2) is 6.23. The minimum absolute atomic E-state index is 0.0465. The van der Waals surface area contributed by atoms with Gasteiger partial charge in [-0.25, -0.2) is 28.1 Å². The fourth-order valence-electron chi connectivity index (χ4n) is 1.99. The highest BCUT2D eigenvalue weighted by atomic mass is 16.6. The molecule has 1 aliphatic rings. The average molecular weight is 297 g/mol. The number of hydrogen-bond donors (Lipinski definition) is 0. The van der Waals surface area contributed by atoms with Crippen molar-refractivity contribution in [1.29, 1.82) is 0 Å². The number of rotatable bonds is 7. The first-order chi connectivity index (χ1) is 9.99. The monoisotopic (exact) mass is 297 g/mol. The topological polar surface area (TPSA) is 87.8 Å². The van der Waals surface area contributed by atoms with Gasteiger partial charge in [0.25, 0.3) is 0 Å². The number of methoxy groups -OCH3 is 1. The van der Waals surface area contributed by atoms with Gasteiger partial charge in [-0.15, -0.1) is 6.58 Å². The third kappa shape index (κ3) is 3.22. The Morgan fingerprint density at radius 3 is 2.38 bits per heavy atom. The zero-order valence-corrected chi connectivity index (χ0v) is 12.2. The van der Waals surface area contributed by atoms with E-state index in [1.165, 1.54) is 13.2 Å². The lowest BCUT2D eigenvalue weighted by atomic mass is 10.4. The van der Waals surface area contributed by atoms with E-state index in [1.807, 2.05) is 0 Å². The fourth-order valence-corrected chi connectivity index (χ4v) is 1.99. The summed E-state index contributed by atoms with van der Waals surface area (Å²) in [4.78, 5) is 36.9. The molecule has 0 saturated carbocycles. The normalized spacial score (nSPS) is 18.5. The van der Waals surface area contributed by atoms with Crippen molar-refractivity contribution in [2.75, 3.05) is 13.7 Å². The van der Waals surface area contributed by atoms with Crippen LogP contribution in [-0.2, 0) is 29.1 Å². The molecule has 2 rings (SSSR count). The van der Waals surface area contributed by atoms with E-state index in [-0.39, 0.29) is 31.8 Å². The Balaban J connectivity index is 2.59. The summed E-state index contributed by atoms with van der Waals surface area (Å²) < 4.78 is 13.2. The largest absolute Gasteiger partial charge is 0.380 e. The second-order valence-electron chi connectivity index (χ2n) is 4.97. The highest BCUT2D eigenvalue weighted by Crippen LogP contribution is 2.08. The lowest BCUT2D eigenvalue weighted by molar-refractivity contribution is 0.0991. The molecule has 0 bridgehead atoms. The van der Waals surface area contributed by atoms with Gasteiger partial charge in [0, 0.05) is 7.11 Å². The Kier molecular flexibility index (Phi) is 4.59. The van der Waals surface area contributed by atoms with Crippen LogP contribution in [0.5, 0.6) is 0 Å². The molecule has 1 fully saturated rings. The summed E-state index contributed by atoms with van der Waals surface area (Å²) in [5.41, 5.74) is -1.92. The van der Waals surface area contributed by atoms with Gasteiger partial charge in [-0.2, -0.15) is 0 Å². The molecular weight excluding hydrogens is 278 g/mol. The molecule has 0 N–H and O–H groups in total. The first-order valence-electron chi connectivity index (χ1n) is 6.69. The number of aromatic nitrogens is 3. The van der Waals surface area contributed by atoms with E-state index < -0.39 is 17.1 Å². The standard InChI is InChI=1S/C13H19N3O5/c1-4-5-14-11(17)15(6-9(2)20-3)13(19)16(12(14)18)7-10-8-21-10/h4,9-10H,1,5-8H2,2-3H3. The summed E-state index contributed by atoms with van der Waals surface area (Å²) in [7, 11) is 1.49. The molecule has 2 heterocycles. The summed E-state index contributed by atoms with van der Waals surface area (Å²) in [5, 5.41) is 0. The summed E-state index contributed by atoms with van der Waals surface area (Å²) in [6.45, 7) is 6.06. The summed E-state index contributed by atoms with van der Waals surface area (Å²) in [5.74, 6) is 0. The van der Waals surface area contributed by atoms with E-state index in [2.05, 4.69) is 6.58 Å². The van der Waals surface area contributed by atoms with Gasteiger partial charge in [0.1, 0.15) is 0 Å². The van der Waals surface area contributed by atoms with Gasteiger partial charge in [0.15, 0.2) is 0 Å². The Labute approximate surface area is 120 Å². The Hall–Kier alpha value is -1.93. The Bertz CT molecular complexity index is 695. The Morgan fingerprint density at radius 1 is 1.29 bits per heavy atom. The summed E-state index contributed by atoms with van der Waals surface area (Å²) in [6, 6.07) is 0. The molecule has 21 heavy (non-hydrogen) atoms. The van der Waals surface area contributed by atoms with Crippen LogP contribution in [0, 0.1) is 0 Å². The van der Waals surface area contributed by atoms with Crippen molar-refractivity contribution in [3.05, 3.63) is 44.1 Å². The maximum atomic E-state index is 12.4. The van der Waals surface area contributed by atoms with Gasteiger partial charge in [-0.3, -0.25) is 0 Å². The van der Waals surface area contributed by atoms with Crippen LogP contribution in [0.25, 0.3) is 0 Å². The van der Waals surface area contributed by atoms with Crippen molar-refractivity contribution < 1.29 is 9.47 Å². The molecule has 1 aromatic rings. The highest BCUT2D eigenvalue weighted by Gasteiger charge is 2.26. The second-order valence-corrected chi connectivity index (χ2v) is 4.97. The molecule has 8 nitrogen and oxygen atoms in total. The molecular formula is C13H19N3O5. The van der Waals surface area contributed by atoms with Gasteiger partial charge < -0.3 is 9.47 Å². The summed E-state index contributed by atoms with van der Waals surface area (Å²) in [6.07, 6.45) is 0.976. The van der Waals surface area contributed by atoms with Crippen molar-refractivity contribution in [2.45, 2.75) is 38.8 Å².